The molecule has 1 aromatic rings. The van der Waals surface area contributed by atoms with Crippen molar-refractivity contribution in [3.8, 4) is 0 Å². The van der Waals surface area contributed by atoms with Crippen molar-refractivity contribution >= 4 is 12.2 Å². The zero-order valence-electron chi connectivity index (χ0n) is 17.1. The van der Waals surface area contributed by atoms with Crippen LogP contribution in [0, 0.1) is 0 Å². The summed E-state index contributed by atoms with van der Waals surface area (Å²) in [6.45, 7) is 11.7. The molecule has 3 rings (SSSR count). The van der Waals surface area contributed by atoms with Crippen molar-refractivity contribution in [2.24, 2.45) is 0 Å². The second-order valence-corrected chi connectivity index (χ2v) is 9.53. The van der Waals surface area contributed by atoms with Crippen LogP contribution in [0.3, 0.4) is 0 Å². The Kier molecular flexibility index (Phi) is 4.65. The number of hydrogen-bond donors (Lipinski definition) is 1. The number of carbonyl (C=O) groups excluding carboxylic acids is 2. The van der Waals surface area contributed by atoms with Crippen molar-refractivity contribution in [3.05, 3.63) is 34.9 Å². The van der Waals surface area contributed by atoms with E-state index in [-0.39, 0.29) is 6.09 Å². The molecule has 1 aliphatic heterocycles. The summed E-state index contributed by atoms with van der Waals surface area (Å²) in [5.41, 5.74) is 1.89. The topological polar surface area (TPSA) is 67.9 Å². The molecular formula is C21H30N2O4. The lowest BCUT2D eigenvalue weighted by molar-refractivity contribution is -0.0230. The van der Waals surface area contributed by atoms with Gasteiger partial charge in [0.1, 0.15) is 16.7 Å². The van der Waals surface area contributed by atoms with Crippen LogP contribution in [-0.4, -0.2) is 41.4 Å². The third kappa shape index (κ3) is 4.37. The van der Waals surface area contributed by atoms with E-state index in [1.165, 1.54) is 11.1 Å². The van der Waals surface area contributed by atoms with Gasteiger partial charge >= 0.3 is 12.2 Å². The van der Waals surface area contributed by atoms with Gasteiger partial charge in [0.25, 0.3) is 0 Å². The van der Waals surface area contributed by atoms with Gasteiger partial charge in [-0.25, -0.2) is 9.59 Å². The van der Waals surface area contributed by atoms with E-state index in [1.54, 1.807) is 4.90 Å². The minimum atomic E-state index is -0.649. The number of nitrogens with one attached hydrogen (secondary N) is 1. The number of amides is 2. The molecule has 6 heteroatoms. The Morgan fingerprint density at radius 3 is 2.04 bits per heavy atom. The lowest BCUT2D eigenvalue weighted by Crippen LogP contribution is -2.69. The Bertz CT molecular complexity index is 752. The number of carbonyl (C=O) groups is 2. The van der Waals surface area contributed by atoms with Crippen molar-refractivity contribution in [1.29, 1.82) is 0 Å². The molecule has 27 heavy (non-hydrogen) atoms. The molecule has 0 aromatic heterocycles. The first kappa shape index (κ1) is 19.5. The third-order valence-electron chi connectivity index (χ3n) is 4.74. The Hall–Kier alpha value is -2.24. The smallest absolute Gasteiger partial charge is 0.410 e. The van der Waals surface area contributed by atoms with Gasteiger partial charge in [-0.1, -0.05) is 18.2 Å². The summed E-state index contributed by atoms with van der Waals surface area (Å²) in [7, 11) is 0. The highest BCUT2D eigenvalue weighted by molar-refractivity contribution is 5.73. The van der Waals surface area contributed by atoms with Crippen molar-refractivity contribution in [2.45, 2.75) is 71.1 Å². The number of hydrogen-bond acceptors (Lipinski definition) is 4. The molecule has 1 N–H and O–H groups in total. The number of rotatable bonds is 2. The van der Waals surface area contributed by atoms with Crippen LogP contribution in [0.25, 0.3) is 0 Å². The average Bonchev–Trinajstić information content (AvgIpc) is 2.40. The SMILES string of the molecule is CC(C)(C)OC(=O)NC1(c2ccc3c(c2)CC3)CN(C(=O)OC(C)(C)C)C1. The van der Waals surface area contributed by atoms with Gasteiger partial charge in [-0.15, -0.1) is 0 Å². The first-order chi connectivity index (χ1) is 12.4. The second kappa shape index (κ2) is 6.43. The number of benzene rings is 1. The molecule has 0 bridgehead atoms. The van der Waals surface area contributed by atoms with Gasteiger partial charge in [-0.2, -0.15) is 0 Å². The van der Waals surface area contributed by atoms with Crippen LogP contribution >= 0.6 is 0 Å². The van der Waals surface area contributed by atoms with Crippen LogP contribution in [0.5, 0.6) is 0 Å². The number of nitrogens with zero attached hydrogens (tertiary/aromatic N) is 1. The Balaban J connectivity index is 1.78. The van der Waals surface area contributed by atoms with E-state index in [1.807, 2.05) is 47.6 Å². The zero-order valence-corrected chi connectivity index (χ0v) is 17.1. The van der Waals surface area contributed by atoms with E-state index in [9.17, 15) is 9.59 Å². The van der Waals surface area contributed by atoms with Crippen molar-refractivity contribution in [3.63, 3.8) is 0 Å². The fraction of sp³-hybridized carbons (Fsp3) is 0.619. The summed E-state index contributed by atoms with van der Waals surface area (Å²) in [5, 5.41) is 3.01. The number of aryl methyl sites for hydroxylation is 2. The zero-order chi connectivity index (χ0) is 20.0. The van der Waals surface area contributed by atoms with Crippen molar-refractivity contribution in [2.75, 3.05) is 13.1 Å². The molecule has 1 fully saturated rings. The van der Waals surface area contributed by atoms with Gasteiger partial charge in [0, 0.05) is 0 Å². The predicted octanol–water partition coefficient (Wildman–Crippen LogP) is 3.76. The van der Waals surface area contributed by atoms with E-state index in [2.05, 4.69) is 17.4 Å². The first-order valence-electron chi connectivity index (χ1n) is 9.48. The fourth-order valence-electron chi connectivity index (χ4n) is 3.39. The fourth-order valence-corrected chi connectivity index (χ4v) is 3.39. The van der Waals surface area contributed by atoms with Gasteiger partial charge < -0.3 is 19.7 Å². The van der Waals surface area contributed by atoms with Gasteiger partial charge in [-0.3, -0.25) is 0 Å². The van der Waals surface area contributed by atoms with E-state index in [0.717, 1.165) is 18.4 Å². The molecular weight excluding hydrogens is 344 g/mol. The summed E-state index contributed by atoms with van der Waals surface area (Å²) in [6, 6.07) is 6.30. The molecule has 1 aliphatic carbocycles. The lowest BCUT2D eigenvalue weighted by atomic mass is 9.78. The number of alkyl carbamates (subject to hydrolysis) is 1. The maximum absolute atomic E-state index is 12.4. The molecule has 0 saturated carbocycles. The highest BCUT2D eigenvalue weighted by Gasteiger charge is 2.50. The van der Waals surface area contributed by atoms with Crippen LogP contribution in [0.15, 0.2) is 18.2 Å². The highest BCUT2D eigenvalue weighted by atomic mass is 16.6. The number of fused-ring (bicyclic) bond motifs is 1. The molecule has 0 atom stereocenters. The normalized spacial score (nSPS) is 17.9. The van der Waals surface area contributed by atoms with E-state index in [4.69, 9.17) is 9.47 Å². The molecule has 0 unspecified atom stereocenters. The van der Waals surface area contributed by atoms with Crippen LogP contribution < -0.4 is 5.32 Å². The first-order valence-corrected chi connectivity index (χ1v) is 9.48. The van der Waals surface area contributed by atoms with E-state index < -0.39 is 22.8 Å². The molecule has 1 heterocycles. The summed E-state index contributed by atoms with van der Waals surface area (Å²) in [6.07, 6.45) is 1.32. The molecule has 0 radical (unpaired) electrons. The van der Waals surface area contributed by atoms with Gasteiger partial charge in [-0.05, 0) is 71.1 Å². The third-order valence-corrected chi connectivity index (χ3v) is 4.74. The second-order valence-electron chi connectivity index (χ2n) is 9.53. The molecule has 0 spiro atoms. The highest BCUT2D eigenvalue weighted by Crippen LogP contribution is 2.36. The number of likely N-dealkylation sites (tertiary alicyclic amines) is 1. The van der Waals surface area contributed by atoms with Gasteiger partial charge in [0.15, 0.2) is 0 Å². The molecule has 148 valence electrons. The van der Waals surface area contributed by atoms with Gasteiger partial charge in [0.05, 0.1) is 13.1 Å². The van der Waals surface area contributed by atoms with Crippen LogP contribution in [0.2, 0.25) is 0 Å². The largest absolute Gasteiger partial charge is 0.444 e. The predicted molar refractivity (Wildman–Crippen MR) is 103 cm³/mol. The summed E-state index contributed by atoms with van der Waals surface area (Å²) in [4.78, 5) is 26.4. The maximum atomic E-state index is 12.4. The van der Waals surface area contributed by atoms with Crippen LogP contribution in [-0.2, 0) is 27.9 Å². The summed E-state index contributed by atoms with van der Waals surface area (Å²) in [5.74, 6) is 0. The molecule has 2 aliphatic rings. The van der Waals surface area contributed by atoms with Crippen molar-refractivity contribution < 1.29 is 19.1 Å². The maximum Gasteiger partial charge on any atom is 0.410 e. The molecule has 6 nitrogen and oxygen atoms in total. The van der Waals surface area contributed by atoms with Crippen LogP contribution in [0.4, 0.5) is 9.59 Å². The summed E-state index contributed by atoms with van der Waals surface area (Å²) < 4.78 is 10.9. The van der Waals surface area contributed by atoms with Crippen LogP contribution in [0.1, 0.15) is 58.2 Å². The Morgan fingerprint density at radius 2 is 1.56 bits per heavy atom. The van der Waals surface area contributed by atoms with Gasteiger partial charge in [0.2, 0.25) is 0 Å². The average molecular weight is 374 g/mol. The molecule has 1 aromatic carbocycles. The molecule has 2 amide bonds. The van der Waals surface area contributed by atoms with Crippen molar-refractivity contribution in [1.82, 2.24) is 10.2 Å². The Labute approximate surface area is 161 Å². The minimum Gasteiger partial charge on any atom is -0.444 e. The van der Waals surface area contributed by atoms with E-state index in [0.29, 0.717) is 13.1 Å². The Morgan fingerprint density at radius 1 is 0.963 bits per heavy atom. The summed E-state index contributed by atoms with van der Waals surface area (Å²) >= 11 is 0. The number of ether oxygens (including phenoxy) is 2. The standard InChI is InChI=1S/C21H30N2O4/c1-19(2,3)26-17(24)22-21(16-10-9-14-7-8-15(14)11-16)12-23(13-21)18(25)27-20(4,5)6/h9-11H,7-8,12-13H2,1-6H3,(H,22,24). The van der Waals surface area contributed by atoms with E-state index >= 15 is 0 Å². The molecule has 1 saturated heterocycles. The lowest BCUT2D eigenvalue weighted by Gasteiger charge is -2.50. The quantitative estimate of drug-likeness (QED) is 0.856. The minimum absolute atomic E-state index is 0.361. The monoisotopic (exact) mass is 374 g/mol.